The number of likely N-dealkylation sites (tertiary alicyclic amines) is 1. The van der Waals surface area contributed by atoms with Crippen molar-refractivity contribution in [3.63, 3.8) is 0 Å². The highest BCUT2D eigenvalue weighted by Gasteiger charge is 2.57. The Balaban J connectivity index is 1.40. The van der Waals surface area contributed by atoms with Crippen molar-refractivity contribution in [1.29, 1.82) is 0 Å². The van der Waals surface area contributed by atoms with Crippen LogP contribution in [0.15, 0.2) is 48.5 Å². The molecule has 200 valence electrons. The summed E-state index contributed by atoms with van der Waals surface area (Å²) in [5.41, 5.74) is 0.260. The summed E-state index contributed by atoms with van der Waals surface area (Å²) in [5, 5.41) is 0. The lowest BCUT2D eigenvalue weighted by molar-refractivity contribution is -0.136. The highest BCUT2D eigenvalue weighted by atomic mass is 16.5. The quantitative estimate of drug-likeness (QED) is 0.319. The van der Waals surface area contributed by atoms with Crippen molar-refractivity contribution in [3.05, 3.63) is 54.1 Å². The smallest absolute Gasteiger partial charge is 0.327 e. The number of benzene rings is 2. The first-order valence-corrected chi connectivity index (χ1v) is 12.8. The number of nitrogens with zero attached hydrogens (tertiary/aromatic N) is 3. The first-order valence-electron chi connectivity index (χ1n) is 12.8. The van der Waals surface area contributed by atoms with Gasteiger partial charge in [-0.3, -0.25) is 14.6 Å². The number of methoxy groups -OCH3 is 3. The second-order valence-corrected chi connectivity index (χ2v) is 9.43. The molecule has 2 heterocycles. The fraction of sp³-hybridized carbons (Fsp3) is 0.500. The van der Waals surface area contributed by atoms with Crippen molar-refractivity contribution in [2.24, 2.45) is 0 Å². The molecule has 0 radical (unpaired) electrons. The van der Waals surface area contributed by atoms with Crippen LogP contribution in [0.1, 0.15) is 24.8 Å². The Bertz CT molecular complexity index is 1030. The Kier molecular flexibility index (Phi) is 8.89. The van der Waals surface area contributed by atoms with E-state index in [1.807, 2.05) is 48.5 Å². The molecule has 1 spiro atoms. The Morgan fingerprint density at radius 3 is 2.14 bits per heavy atom. The van der Waals surface area contributed by atoms with Gasteiger partial charge in [0.25, 0.3) is 5.91 Å². The van der Waals surface area contributed by atoms with Crippen LogP contribution >= 0.6 is 0 Å². The molecule has 0 unspecified atom stereocenters. The summed E-state index contributed by atoms with van der Waals surface area (Å²) in [7, 11) is 4.89. The molecule has 0 aromatic heterocycles. The lowest BCUT2D eigenvalue weighted by atomic mass is 9.85. The summed E-state index contributed by atoms with van der Waals surface area (Å²) >= 11 is 0. The van der Waals surface area contributed by atoms with Gasteiger partial charge in [-0.15, -0.1) is 0 Å². The fourth-order valence-corrected chi connectivity index (χ4v) is 5.18. The van der Waals surface area contributed by atoms with Gasteiger partial charge in [0.05, 0.1) is 27.4 Å². The summed E-state index contributed by atoms with van der Waals surface area (Å²) in [4.78, 5) is 32.5. The molecule has 2 fully saturated rings. The number of ether oxygens (including phenoxy) is 4. The predicted octanol–water partition coefficient (Wildman–Crippen LogP) is 3.42. The molecule has 0 N–H and O–H groups in total. The van der Waals surface area contributed by atoms with E-state index in [0.29, 0.717) is 65.2 Å². The van der Waals surface area contributed by atoms with Crippen LogP contribution in [0.5, 0.6) is 17.2 Å². The molecule has 2 saturated heterocycles. The summed E-state index contributed by atoms with van der Waals surface area (Å²) in [6, 6.07) is 15.2. The molecule has 0 bridgehead atoms. The van der Waals surface area contributed by atoms with E-state index in [0.717, 1.165) is 22.8 Å². The second kappa shape index (κ2) is 12.3. The van der Waals surface area contributed by atoms with Gasteiger partial charge in [0.15, 0.2) is 0 Å². The molecular weight excluding hydrogens is 474 g/mol. The van der Waals surface area contributed by atoms with Gasteiger partial charge < -0.3 is 23.8 Å². The molecule has 9 heteroatoms. The van der Waals surface area contributed by atoms with Gasteiger partial charge in [-0.25, -0.2) is 4.79 Å². The number of amides is 3. The molecule has 0 saturated carbocycles. The maximum atomic E-state index is 13.7. The number of urea groups is 1. The van der Waals surface area contributed by atoms with Gasteiger partial charge in [0, 0.05) is 45.9 Å². The van der Waals surface area contributed by atoms with E-state index in [1.54, 1.807) is 26.2 Å². The average molecular weight is 512 g/mol. The van der Waals surface area contributed by atoms with Crippen molar-refractivity contribution < 1.29 is 28.5 Å². The maximum Gasteiger partial charge on any atom is 0.327 e. The van der Waals surface area contributed by atoms with Crippen molar-refractivity contribution in [1.82, 2.24) is 14.7 Å². The van der Waals surface area contributed by atoms with E-state index >= 15 is 0 Å². The molecule has 2 aromatic carbocycles. The maximum absolute atomic E-state index is 13.7. The van der Waals surface area contributed by atoms with Crippen LogP contribution in [-0.2, 0) is 16.1 Å². The van der Waals surface area contributed by atoms with E-state index < -0.39 is 5.54 Å². The number of hydrogen-bond donors (Lipinski definition) is 0. The number of carbonyl (C=O) groups is 2. The molecule has 0 aliphatic carbocycles. The number of hydrogen-bond acceptors (Lipinski definition) is 7. The van der Waals surface area contributed by atoms with Gasteiger partial charge in [-0.1, -0.05) is 18.2 Å². The van der Waals surface area contributed by atoms with Crippen LogP contribution in [0.25, 0.3) is 0 Å². The number of carbonyl (C=O) groups excluding carboxylic acids is 2. The molecule has 2 aliphatic rings. The Hall–Kier alpha value is -3.30. The van der Waals surface area contributed by atoms with Gasteiger partial charge >= 0.3 is 6.03 Å². The molecule has 2 aliphatic heterocycles. The van der Waals surface area contributed by atoms with E-state index in [1.165, 1.54) is 4.90 Å². The molecule has 4 rings (SSSR count). The lowest BCUT2D eigenvalue weighted by Crippen LogP contribution is -2.57. The van der Waals surface area contributed by atoms with Crippen molar-refractivity contribution in [3.8, 4) is 17.2 Å². The predicted molar refractivity (Wildman–Crippen MR) is 139 cm³/mol. The first kappa shape index (κ1) is 26.8. The Morgan fingerprint density at radius 1 is 0.838 bits per heavy atom. The number of para-hydroxylation sites is 1. The molecular formula is C28H37N3O6. The van der Waals surface area contributed by atoms with E-state index in [2.05, 4.69) is 4.90 Å². The van der Waals surface area contributed by atoms with Crippen LogP contribution in [-0.4, -0.2) is 92.9 Å². The van der Waals surface area contributed by atoms with Crippen LogP contribution in [0.2, 0.25) is 0 Å². The Morgan fingerprint density at radius 2 is 1.51 bits per heavy atom. The summed E-state index contributed by atoms with van der Waals surface area (Å²) in [6.45, 7) is 3.67. The number of rotatable bonds is 12. The van der Waals surface area contributed by atoms with E-state index in [-0.39, 0.29) is 11.9 Å². The fourth-order valence-electron chi connectivity index (χ4n) is 5.18. The van der Waals surface area contributed by atoms with Crippen LogP contribution in [0.3, 0.4) is 0 Å². The minimum absolute atomic E-state index is 0.101. The topological polar surface area (TPSA) is 80.8 Å². The highest BCUT2D eigenvalue weighted by Crippen LogP contribution is 2.38. The third kappa shape index (κ3) is 5.99. The monoisotopic (exact) mass is 511 g/mol. The van der Waals surface area contributed by atoms with Gasteiger partial charge in [-0.2, -0.15) is 0 Å². The van der Waals surface area contributed by atoms with Gasteiger partial charge in [-0.05, 0) is 49.1 Å². The first-order chi connectivity index (χ1) is 18.0. The van der Waals surface area contributed by atoms with Crippen molar-refractivity contribution >= 4 is 11.9 Å². The van der Waals surface area contributed by atoms with Gasteiger partial charge in [0.1, 0.15) is 22.8 Å². The second-order valence-electron chi connectivity index (χ2n) is 9.43. The third-order valence-corrected chi connectivity index (χ3v) is 7.18. The minimum Gasteiger partial charge on any atom is -0.497 e. The third-order valence-electron chi connectivity index (χ3n) is 7.18. The Labute approximate surface area is 218 Å². The zero-order valence-corrected chi connectivity index (χ0v) is 22.0. The molecule has 2 aromatic rings. The molecule has 3 amide bonds. The highest BCUT2D eigenvalue weighted by molar-refractivity contribution is 6.07. The molecule has 0 atom stereocenters. The zero-order chi connectivity index (χ0) is 26.3. The SMILES string of the molecule is COCCN1C(=O)N(CCCOc2ccccc2)C(=O)C12CCN(Cc1cc(OC)cc(OC)c1)CC2. The number of piperidine rings is 1. The van der Waals surface area contributed by atoms with E-state index in [4.69, 9.17) is 18.9 Å². The minimum atomic E-state index is -0.821. The summed E-state index contributed by atoms with van der Waals surface area (Å²) in [6.07, 6.45) is 1.74. The van der Waals surface area contributed by atoms with Crippen LogP contribution in [0.4, 0.5) is 4.79 Å². The van der Waals surface area contributed by atoms with Gasteiger partial charge in [0.2, 0.25) is 0 Å². The number of imide groups is 1. The average Bonchev–Trinajstić information content (AvgIpc) is 3.11. The van der Waals surface area contributed by atoms with Crippen LogP contribution in [0, 0.1) is 0 Å². The molecule has 9 nitrogen and oxygen atoms in total. The zero-order valence-electron chi connectivity index (χ0n) is 22.0. The molecule has 37 heavy (non-hydrogen) atoms. The lowest BCUT2D eigenvalue weighted by Gasteiger charge is -2.42. The summed E-state index contributed by atoms with van der Waals surface area (Å²) in [5.74, 6) is 2.17. The standard InChI is InChI=1S/C28H37N3O6/c1-34-17-15-31-27(33)30(12-7-16-37-23-8-5-4-6-9-23)26(32)28(31)10-13-29(14-11-28)21-22-18-24(35-2)20-25(19-22)36-3/h4-6,8-9,18-20H,7,10-17,21H2,1-3H3. The largest absolute Gasteiger partial charge is 0.497 e. The van der Waals surface area contributed by atoms with Crippen molar-refractivity contribution in [2.75, 3.05) is 60.7 Å². The van der Waals surface area contributed by atoms with E-state index in [9.17, 15) is 9.59 Å². The van der Waals surface area contributed by atoms with Crippen molar-refractivity contribution in [2.45, 2.75) is 31.3 Å². The normalized spacial score (nSPS) is 17.5. The summed E-state index contributed by atoms with van der Waals surface area (Å²) < 4.78 is 21.8. The van der Waals surface area contributed by atoms with Crippen LogP contribution < -0.4 is 14.2 Å².